The lowest BCUT2D eigenvalue weighted by molar-refractivity contribution is -0.167. The number of esters is 3. The molecular weight excluding hydrogens is 757 g/mol. The SMILES string of the molecule is CC/C=C\C/C=C\C/C=C\CCCC(=O)OCC(COC(=O)CCCCCCC/C=C\C=C/CCCCCCCCC)OC(=O)CCCCC/C=C\CCCCCCCCC. The van der Waals surface area contributed by atoms with Crippen molar-refractivity contribution < 1.29 is 28.6 Å². The molecule has 0 saturated heterocycles. The van der Waals surface area contributed by atoms with Gasteiger partial charge in [0.05, 0.1) is 0 Å². The van der Waals surface area contributed by atoms with Crippen LogP contribution in [0.3, 0.4) is 0 Å². The van der Waals surface area contributed by atoms with E-state index in [4.69, 9.17) is 14.2 Å². The molecule has 0 N–H and O–H groups in total. The Hall–Kier alpha value is -3.15. The maximum absolute atomic E-state index is 12.8. The topological polar surface area (TPSA) is 78.9 Å². The monoisotopic (exact) mass is 851 g/mol. The third kappa shape index (κ3) is 47.7. The lowest BCUT2D eigenvalue weighted by Gasteiger charge is -2.18. The van der Waals surface area contributed by atoms with Gasteiger partial charge in [-0.3, -0.25) is 14.4 Å². The van der Waals surface area contributed by atoms with E-state index in [9.17, 15) is 14.4 Å². The number of rotatable bonds is 45. The summed E-state index contributed by atoms with van der Waals surface area (Å²) in [6, 6.07) is 0. The van der Waals surface area contributed by atoms with Crippen LogP contribution in [-0.2, 0) is 28.6 Å². The van der Waals surface area contributed by atoms with E-state index in [0.717, 1.165) is 96.3 Å². The molecule has 0 aromatic heterocycles. The van der Waals surface area contributed by atoms with Crippen LogP contribution in [0.2, 0.25) is 0 Å². The van der Waals surface area contributed by atoms with Crippen LogP contribution in [0.15, 0.2) is 72.9 Å². The first-order valence-electron chi connectivity index (χ1n) is 25.5. The Kier molecular flexibility index (Phi) is 46.9. The summed E-state index contributed by atoms with van der Waals surface area (Å²) in [4.78, 5) is 37.9. The summed E-state index contributed by atoms with van der Waals surface area (Å²) in [6.45, 7) is 6.43. The lowest BCUT2D eigenvalue weighted by Crippen LogP contribution is -2.30. The van der Waals surface area contributed by atoms with E-state index in [1.807, 2.05) is 0 Å². The minimum absolute atomic E-state index is 0.105. The highest BCUT2D eigenvalue weighted by Crippen LogP contribution is 2.13. The fraction of sp³-hybridized carbons (Fsp3) is 0.727. The van der Waals surface area contributed by atoms with Gasteiger partial charge >= 0.3 is 17.9 Å². The van der Waals surface area contributed by atoms with E-state index >= 15 is 0 Å². The van der Waals surface area contributed by atoms with Crippen molar-refractivity contribution in [2.75, 3.05) is 13.2 Å². The number of ether oxygens (including phenoxy) is 3. The van der Waals surface area contributed by atoms with Crippen LogP contribution in [0.25, 0.3) is 0 Å². The smallest absolute Gasteiger partial charge is 0.306 e. The van der Waals surface area contributed by atoms with Crippen LogP contribution in [0.1, 0.15) is 239 Å². The van der Waals surface area contributed by atoms with Gasteiger partial charge in [0, 0.05) is 19.3 Å². The van der Waals surface area contributed by atoms with Gasteiger partial charge in [0.1, 0.15) is 13.2 Å². The number of allylic oxidation sites excluding steroid dienone is 12. The molecule has 0 fully saturated rings. The van der Waals surface area contributed by atoms with E-state index in [0.29, 0.717) is 19.3 Å². The Balaban J connectivity index is 4.44. The highest BCUT2D eigenvalue weighted by Gasteiger charge is 2.19. The second-order valence-corrected chi connectivity index (χ2v) is 16.7. The Morgan fingerprint density at radius 1 is 0.361 bits per heavy atom. The van der Waals surface area contributed by atoms with Gasteiger partial charge in [0.25, 0.3) is 0 Å². The quantitative estimate of drug-likeness (QED) is 0.0200. The molecule has 0 aliphatic heterocycles. The van der Waals surface area contributed by atoms with Crippen molar-refractivity contribution in [2.24, 2.45) is 0 Å². The number of carbonyl (C=O) groups is 3. The lowest BCUT2D eigenvalue weighted by atomic mass is 10.1. The number of hydrogen-bond donors (Lipinski definition) is 0. The predicted octanol–water partition coefficient (Wildman–Crippen LogP) is 16.6. The number of unbranched alkanes of at least 4 members (excludes halogenated alkanes) is 23. The van der Waals surface area contributed by atoms with Crippen molar-refractivity contribution in [3.63, 3.8) is 0 Å². The Bertz CT molecular complexity index is 1160. The van der Waals surface area contributed by atoms with E-state index < -0.39 is 6.10 Å². The van der Waals surface area contributed by atoms with Crippen molar-refractivity contribution in [1.82, 2.24) is 0 Å². The third-order valence-corrected chi connectivity index (χ3v) is 10.7. The van der Waals surface area contributed by atoms with Gasteiger partial charge in [-0.1, -0.05) is 196 Å². The molecule has 0 rings (SSSR count). The van der Waals surface area contributed by atoms with Gasteiger partial charge in [-0.05, 0) is 96.3 Å². The van der Waals surface area contributed by atoms with Gasteiger partial charge in [-0.25, -0.2) is 0 Å². The third-order valence-electron chi connectivity index (χ3n) is 10.7. The molecule has 6 nitrogen and oxygen atoms in total. The fourth-order valence-corrected chi connectivity index (χ4v) is 6.86. The van der Waals surface area contributed by atoms with E-state index in [2.05, 4.69) is 93.7 Å². The highest BCUT2D eigenvalue weighted by atomic mass is 16.6. The number of carbonyl (C=O) groups excluding carboxylic acids is 3. The molecule has 0 spiro atoms. The minimum Gasteiger partial charge on any atom is -0.462 e. The van der Waals surface area contributed by atoms with Crippen LogP contribution >= 0.6 is 0 Å². The van der Waals surface area contributed by atoms with Crippen molar-refractivity contribution in [3.8, 4) is 0 Å². The molecule has 6 heteroatoms. The molecule has 1 atom stereocenters. The summed E-state index contributed by atoms with van der Waals surface area (Å²) in [5.74, 6) is -0.992. The largest absolute Gasteiger partial charge is 0.462 e. The van der Waals surface area contributed by atoms with Crippen molar-refractivity contribution in [3.05, 3.63) is 72.9 Å². The van der Waals surface area contributed by atoms with Crippen LogP contribution < -0.4 is 0 Å². The summed E-state index contributed by atoms with van der Waals surface area (Å²) in [5, 5.41) is 0. The maximum Gasteiger partial charge on any atom is 0.306 e. The Morgan fingerprint density at radius 3 is 1.20 bits per heavy atom. The van der Waals surface area contributed by atoms with E-state index in [1.54, 1.807) is 0 Å². The molecule has 61 heavy (non-hydrogen) atoms. The Morgan fingerprint density at radius 2 is 0.705 bits per heavy atom. The summed E-state index contributed by atoms with van der Waals surface area (Å²) >= 11 is 0. The average Bonchev–Trinajstić information content (AvgIpc) is 3.26. The van der Waals surface area contributed by atoms with Crippen LogP contribution in [0, 0.1) is 0 Å². The zero-order valence-corrected chi connectivity index (χ0v) is 39.9. The normalized spacial score (nSPS) is 12.6. The molecule has 0 amide bonds. The van der Waals surface area contributed by atoms with Gasteiger partial charge in [0.15, 0.2) is 6.10 Å². The minimum atomic E-state index is -0.808. The second kappa shape index (κ2) is 49.5. The number of hydrogen-bond acceptors (Lipinski definition) is 6. The van der Waals surface area contributed by atoms with Crippen molar-refractivity contribution in [1.29, 1.82) is 0 Å². The first-order chi connectivity index (χ1) is 30.0. The highest BCUT2D eigenvalue weighted by molar-refractivity contribution is 5.71. The summed E-state index contributed by atoms with van der Waals surface area (Å²) < 4.78 is 16.7. The van der Waals surface area contributed by atoms with E-state index in [1.165, 1.54) is 96.3 Å². The van der Waals surface area contributed by atoms with Gasteiger partial charge in [0.2, 0.25) is 0 Å². The standard InChI is InChI=1S/C55H94O6/c1-4-7-10-13-16-19-22-24-26-27-28-29-31-33-36-39-42-45-48-54(57)60-51-52(50-59-53(56)47-44-41-38-35-32-21-18-15-12-9-6-3)61-55(58)49-46-43-40-37-34-30-25-23-20-17-14-11-8-5-2/h9,12,18,21,26-30,34-35,38,52H,4-8,10-11,13-17,19-20,22-25,31-33,36-37,39-51H2,1-3H3/b12-9-,21-18-,27-26-,29-28-,34-30-,38-35-. The molecule has 0 heterocycles. The molecule has 0 saturated carbocycles. The molecule has 350 valence electrons. The second-order valence-electron chi connectivity index (χ2n) is 16.7. The first kappa shape index (κ1) is 57.9. The fourth-order valence-electron chi connectivity index (χ4n) is 6.86. The molecule has 1 unspecified atom stereocenters. The maximum atomic E-state index is 12.8. The molecular formula is C55H94O6. The first-order valence-corrected chi connectivity index (χ1v) is 25.5. The molecule has 0 bridgehead atoms. The van der Waals surface area contributed by atoms with Crippen LogP contribution in [-0.4, -0.2) is 37.2 Å². The average molecular weight is 851 g/mol. The summed E-state index contributed by atoms with van der Waals surface area (Å²) in [6.07, 6.45) is 61.8. The Labute approximate surface area is 376 Å². The molecule has 0 aromatic rings. The molecule has 0 aliphatic rings. The van der Waals surface area contributed by atoms with Crippen LogP contribution in [0.4, 0.5) is 0 Å². The zero-order chi connectivity index (χ0) is 44.4. The molecule has 0 aromatic carbocycles. The van der Waals surface area contributed by atoms with Crippen molar-refractivity contribution >= 4 is 17.9 Å². The predicted molar refractivity (Wildman–Crippen MR) is 261 cm³/mol. The summed E-state index contributed by atoms with van der Waals surface area (Å²) in [5.41, 5.74) is 0. The van der Waals surface area contributed by atoms with Crippen LogP contribution in [0.5, 0.6) is 0 Å². The van der Waals surface area contributed by atoms with Crippen molar-refractivity contribution in [2.45, 2.75) is 245 Å². The van der Waals surface area contributed by atoms with E-state index in [-0.39, 0.29) is 37.5 Å². The zero-order valence-electron chi connectivity index (χ0n) is 39.9. The van der Waals surface area contributed by atoms with Gasteiger partial charge in [-0.15, -0.1) is 0 Å². The van der Waals surface area contributed by atoms with Gasteiger partial charge < -0.3 is 14.2 Å². The van der Waals surface area contributed by atoms with Gasteiger partial charge in [-0.2, -0.15) is 0 Å². The molecule has 0 radical (unpaired) electrons. The summed E-state index contributed by atoms with van der Waals surface area (Å²) in [7, 11) is 0. The molecule has 0 aliphatic carbocycles.